The van der Waals surface area contributed by atoms with E-state index in [0.29, 0.717) is 12.2 Å². The Hall–Kier alpha value is -2.53. The van der Waals surface area contributed by atoms with E-state index in [1.54, 1.807) is 0 Å². The number of hydrogen-bond acceptors (Lipinski definition) is 4. The van der Waals surface area contributed by atoms with Crippen molar-refractivity contribution < 1.29 is 9.53 Å². The van der Waals surface area contributed by atoms with Crippen LogP contribution in [0.25, 0.3) is 0 Å². The Morgan fingerprint density at radius 2 is 1.93 bits per heavy atom. The first-order chi connectivity index (χ1) is 13.1. The predicted octanol–water partition coefficient (Wildman–Crippen LogP) is 3.32. The number of amides is 1. The first kappa shape index (κ1) is 17.9. The molecule has 2 heterocycles. The van der Waals surface area contributed by atoms with Crippen molar-refractivity contribution >= 4 is 17.3 Å². The summed E-state index contributed by atoms with van der Waals surface area (Å²) in [5.41, 5.74) is 4.98. The maximum absolute atomic E-state index is 12.7. The molecule has 0 aliphatic carbocycles. The van der Waals surface area contributed by atoms with Crippen LogP contribution in [-0.4, -0.2) is 50.1 Å². The third-order valence-corrected chi connectivity index (χ3v) is 5.59. The van der Waals surface area contributed by atoms with E-state index in [1.165, 1.54) is 5.69 Å². The van der Waals surface area contributed by atoms with Gasteiger partial charge in [0, 0.05) is 49.5 Å². The summed E-state index contributed by atoms with van der Waals surface area (Å²) in [6.07, 6.45) is 0.871. The van der Waals surface area contributed by atoms with Crippen molar-refractivity contribution in [1.29, 1.82) is 0 Å². The molecule has 0 radical (unpaired) electrons. The van der Waals surface area contributed by atoms with Crippen molar-refractivity contribution in [3.63, 3.8) is 0 Å². The SMILES string of the molecule is CCN1CCN(c2ccc(NC(=O)c3ccc4c(c3)CCO4)c(C)c2)CC1. The molecule has 0 bridgehead atoms. The molecule has 1 saturated heterocycles. The summed E-state index contributed by atoms with van der Waals surface area (Å²) in [7, 11) is 0. The van der Waals surface area contributed by atoms with Gasteiger partial charge in [0.2, 0.25) is 0 Å². The summed E-state index contributed by atoms with van der Waals surface area (Å²) >= 11 is 0. The first-order valence-corrected chi connectivity index (χ1v) is 9.79. The number of nitrogens with one attached hydrogen (secondary N) is 1. The number of fused-ring (bicyclic) bond motifs is 1. The topological polar surface area (TPSA) is 44.8 Å². The standard InChI is InChI=1S/C22H27N3O2/c1-3-24-9-11-25(12-10-24)19-5-6-20(16(2)14-19)23-22(26)18-4-7-21-17(15-18)8-13-27-21/h4-7,14-15H,3,8-13H2,1-2H3,(H,23,26). The molecular formula is C22H27N3O2. The van der Waals surface area contributed by atoms with E-state index >= 15 is 0 Å². The minimum absolute atomic E-state index is 0.0721. The lowest BCUT2D eigenvalue weighted by molar-refractivity contribution is 0.102. The second-order valence-corrected chi connectivity index (χ2v) is 7.30. The highest BCUT2D eigenvalue weighted by Gasteiger charge is 2.18. The van der Waals surface area contributed by atoms with Crippen molar-refractivity contribution in [3.8, 4) is 5.75 Å². The molecule has 1 amide bonds. The zero-order valence-corrected chi connectivity index (χ0v) is 16.1. The molecule has 2 aliphatic rings. The summed E-state index contributed by atoms with van der Waals surface area (Å²) in [6.45, 7) is 10.4. The summed E-state index contributed by atoms with van der Waals surface area (Å²) < 4.78 is 5.52. The van der Waals surface area contributed by atoms with Crippen LogP contribution in [-0.2, 0) is 6.42 Å². The van der Waals surface area contributed by atoms with Crippen LogP contribution in [0, 0.1) is 6.92 Å². The second kappa shape index (κ2) is 7.61. The average molecular weight is 365 g/mol. The molecular weight excluding hydrogens is 338 g/mol. The van der Waals surface area contributed by atoms with Gasteiger partial charge in [-0.2, -0.15) is 0 Å². The molecule has 4 rings (SSSR count). The Labute approximate surface area is 160 Å². The number of aryl methyl sites for hydroxylation is 1. The number of hydrogen-bond donors (Lipinski definition) is 1. The Morgan fingerprint density at radius 1 is 1.11 bits per heavy atom. The van der Waals surface area contributed by atoms with Crippen LogP contribution < -0.4 is 15.0 Å². The lowest BCUT2D eigenvalue weighted by Gasteiger charge is -2.35. The van der Waals surface area contributed by atoms with Crippen molar-refractivity contribution in [2.75, 3.05) is 49.5 Å². The van der Waals surface area contributed by atoms with E-state index in [2.05, 4.69) is 41.1 Å². The van der Waals surface area contributed by atoms with Crippen molar-refractivity contribution in [2.24, 2.45) is 0 Å². The van der Waals surface area contributed by atoms with Crippen LogP contribution >= 0.6 is 0 Å². The fraction of sp³-hybridized carbons (Fsp3) is 0.409. The molecule has 0 saturated carbocycles. The second-order valence-electron chi connectivity index (χ2n) is 7.30. The van der Waals surface area contributed by atoms with E-state index in [0.717, 1.165) is 61.7 Å². The van der Waals surface area contributed by atoms with Gasteiger partial charge in [-0.1, -0.05) is 6.92 Å². The van der Waals surface area contributed by atoms with Crippen molar-refractivity contribution in [2.45, 2.75) is 20.3 Å². The average Bonchev–Trinajstić information content (AvgIpc) is 3.17. The monoisotopic (exact) mass is 365 g/mol. The Balaban J connectivity index is 1.44. The van der Waals surface area contributed by atoms with Crippen LogP contribution in [0.2, 0.25) is 0 Å². The third-order valence-electron chi connectivity index (χ3n) is 5.59. The Bertz CT molecular complexity index is 841. The normalized spacial score (nSPS) is 16.7. The minimum atomic E-state index is -0.0721. The number of anilines is 2. The molecule has 5 heteroatoms. The summed E-state index contributed by atoms with van der Waals surface area (Å²) in [5.74, 6) is 0.826. The highest BCUT2D eigenvalue weighted by atomic mass is 16.5. The number of likely N-dealkylation sites (N-methyl/N-ethyl adjacent to an activating group) is 1. The van der Waals surface area contributed by atoms with Crippen LogP contribution in [0.4, 0.5) is 11.4 Å². The van der Waals surface area contributed by atoms with E-state index in [9.17, 15) is 4.79 Å². The highest BCUT2D eigenvalue weighted by molar-refractivity contribution is 6.05. The lowest BCUT2D eigenvalue weighted by atomic mass is 10.1. The van der Waals surface area contributed by atoms with Gasteiger partial charge in [0.05, 0.1) is 6.61 Å². The molecule has 0 unspecified atom stereocenters. The van der Waals surface area contributed by atoms with Crippen LogP contribution in [0.1, 0.15) is 28.4 Å². The molecule has 2 aromatic carbocycles. The van der Waals surface area contributed by atoms with Gasteiger partial charge < -0.3 is 19.9 Å². The van der Waals surface area contributed by atoms with Crippen molar-refractivity contribution in [3.05, 3.63) is 53.1 Å². The third kappa shape index (κ3) is 3.78. The minimum Gasteiger partial charge on any atom is -0.493 e. The van der Waals surface area contributed by atoms with Gasteiger partial charge in [-0.05, 0) is 61.0 Å². The molecule has 27 heavy (non-hydrogen) atoms. The molecule has 0 aromatic heterocycles. The number of carbonyl (C=O) groups excluding carboxylic acids is 1. The van der Waals surface area contributed by atoms with Crippen LogP contribution in [0.3, 0.4) is 0 Å². The summed E-state index contributed by atoms with van der Waals surface area (Å²) in [5, 5.41) is 3.06. The van der Waals surface area contributed by atoms with Crippen molar-refractivity contribution in [1.82, 2.24) is 4.90 Å². The molecule has 1 fully saturated rings. The molecule has 142 valence electrons. The Kier molecular flexibility index (Phi) is 5.03. The van der Waals surface area contributed by atoms with E-state index in [4.69, 9.17) is 4.74 Å². The lowest BCUT2D eigenvalue weighted by Crippen LogP contribution is -2.46. The Morgan fingerprint density at radius 3 is 2.67 bits per heavy atom. The van der Waals surface area contributed by atoms with Crippen LogP contribution in [0.15, 0.2) is 36.4 Å². The number of benzene rings is 2. The molecule has 1 N–H and O–H groups in total. The zero-order valence-electron chi connectivity index (χ0n) is 16.1. The number of rotatable bonds is 4. The first-order valence-electron chi connectivity index (χ1n) is 9.79. The number of ether oxygens (including phenoxy) is 1. The van der Waals surface area contributed by atoms with E-state index in [-0.39, 0.29) is 5.91 Å². The van der Waals surface area contributed by atoms with Gasteiger partial charge >= 0.3 is 0 Å². The molecule has 5 nitrogen and oxygen atoms in total. The molecule has 2 aliphatic heterocycles. The van der Waals surface area contributed by atoms with Gasteiger partial charge in [0.1, 0.15) is 5.75 Å². The van der Waals surface area contributed by atoms with Gasteiger partial charge in [-0.3, -0.25) is 4.79 Å². The largest absolute Gasteiger partial charge is 0.493 e. The molecule has 0 spiro atoms. The van der Waals surface area contributed by atoms with Gasteiger partial charge in [-0.25, -0.2) is 0 Å². The van der Waals surface area contributed by atoms with E-state index in [1.807, 2.05) is 24.3 Å². The number of nitrogens with zero attached hydrogens (tertiary/aromatic N) is 2. The highest BCUT2D eigenvalue weighted by Crippen LogP contribution is 2.27. The maximum Gasteiger partial charge on any atom is 0.255 e. The van der Waals surface area contributed by atoms with E-state index < -0.39 is 0 Å². The predicted molar refractivity (Wildman–Crippen MR) is 109 cm³/mol. The molecule has 2 aromatic rings. The summed E-state index contributed by atoms with van der Waals surface area (Å²) in [4.78, 5) is 17.5. The molecule has 0 atom stereocenters. The summed E-state index contributed by atoms with van der Waals surface area (Å²) in [6, 6.07) is 12.0. The van der Waals surface area contributed by atoms with Gasteiger partial charge in [0.25, 0.3) is 5.91 Å². The maximum atomic E-state index is 12.7. The quantitative estimate of drug-likeness (QED) is 0.903. The smallest absolute Gasteiger partial charge is 0.255 e. The number of carbonyl (C=O) groups is 1. The fourth-order valence-corrected chi connectivity index (χ4v) is 3.83. The number of piperazine rings is 1. The zero-order chi connectivity index (χ0) is 18.8. The van der Waals surface area contributed by atoms with Gasteiger partial charge in [0.15, 0.2) is 0 Å². The van der Waals surface area contributed by atoms with Gasteiger partial charge in [-0.15, -0.1) is 0 Å². The fourth-order valence-electron chi connectivity index (χ4n) is 3.83. The van der Waals surface area contributed by atoms with Crippen LogP contribution in [0.5, 0.6) is 5.75 Å².